The van der Waals surface area contributed by atoms with Crippen molar-refractivity contribution in [1.29, 1.82) is 0 Å². The normalized spacial score (nSPS) is 20.5. The van der Waals surface area contributed by atoms with Gasteiger partial charge in [0.2, 0.25) is 0 Å². The molecule has 1 saturated heterocycles. The molecule has 0 saturated carbocycles. The molecular weight excluding hydrogens is 190 g/mol. The maximum absolute atomic E-state index is 5.65. The molecule has 1 aromatic rings. The largest absolute Gasteiger partial charge is 0.491 e. The molecule has 1 fully saturated rings. The Morgan fingerprint density at radius 1 is 1.47 bits per heavy atom. The van der Waals surface area contributed by atoms with Crippen LogP contribution in [0.3, 0.4) is 0 Å². The molecule has 15 heavy (non-hydrogen) atoms. The summed E-state index contributed by atoms with van der Waals surface area (Å²) in [5.74, 6) is 0.883. The van der Waals surface area contributed by atoms with Crippen molar-refractivity contribution in [1.82, 2.24) is 0 Å². The predicted octanol–water partition coefficient (Wildman–Crippen LogP) is 1.70. The highest BCUT2D eigenvalue weighted by Gasteiger charge is 2.15. The summed E-state index contributed by atoms with van der Waals surface area (Å²) >= 11 is 0. The van der Waals surface area contributed by atoms with Gasteiger partial charge in [-0.1, -0.05) is 12.1 Å². The standard InChI is InChI=1S/C12H17NO2/c13-8-10-3-1-4-11(7-10)15-9-12-5-2-6-14-12/h1,3-4,7,12H,2,5-6,8-9,13H2/t12-/m0/s1. The van der Waals surface area contributed by atoms with Gasteiger partial charge in [-0.2, -0.15) is 0 Å². The molecule has 2 N–H and O–H groups in total. The van der Waals surface area contributed by atoms with E-state index in [0.29, 0.717) is 13.2 Å². The van der Waals surface area contributed by atoms with Gasteiger partial charge in [0.25, 0.3) is 0 Å². The predicted molar refractivity (Wildman–Crippen MR) is 58.8 cm³/mol. The lowest BCUT2D eigenvalue weighted by Crippen LogP contribution is -2.16. The lowest BCUT2D eigenvalue weighted by Gasteiger charge is -2.11. The summed E-state index contributed by atoms with van der Waals surface area (Å²) in [6.45, 7) is 2.07. The third-order valence-electron chi connectivity index (χ3n) is 2.59. The topological polar surface area (TPSA) is 44.5 Å². The number of hydrogen-bond acceptors (Lipinski definition) is 3. The highest BCUT2D eigenvalue weighted by atomic mass is 16.5. The minimum atomic E-state index is 0.270. The van der Waals surface area contributed by atoms with Crippen LogP contribution in [0.25, 0.3) is 0 Å². The van der Waals surface area contributed by atoms with Gasteiger partial charge in [-0.25, -0.2) is 0 Å². The average Bonchev–Trinajstić information content (AvgIpc) is 2.79. The third kappa shape index (κ3) is 2.94. The first-order chi connectivity index (χ1) is 7.38. The van der Waals surface area contributed by atoms with Crippen molar-refractivity contribution < 1.29 is 9.47 Å². The van der Waals surface area contributed by atoms with Gasteiger partial charge in [0.05, 0.1) is 6.10 Å². The van der Waals surface area contributed by atoms with Gasteiger partial charge in [-0.05, 0) is 30.5 Å². The lowest BCUT2D eigenvalue weighted by atomic mass is 10.2. The molecule has 1 heterocycles. The van der Waals surface area contributed by atoms with Gasteiger partial charge in [0.15, 0.2) is 0 Å². The smallest absolute Gasteiger partial charge is 0.119 e. The fourth-order valence-corrected chi connectivity index (χ4v) is 1.73. The molecule has 0 bridgehead atoms. The van der Waals surface area contributed by atoms with E-state index in [1.807, 2.05) is 24.3 Å². The van der Waals surface area contributed by atoms with Crippen LogP contribution in [0.15, 0.2) is 24.3 Å². The molecule has 0 amide bonds. The third-order valence-corrected chi connectivity index (χ3v) is 2.59. The molecule has 3 heteroatoms. The Labute approximate surface area is 90.2 Å². The molecule has 1 atom stereocenters. The minimum Gasteiger partial charge on any atom is -0.491 e. The van der Waals surface area contributed by atoms with Crippen molar-refractivity contribution in [3.63, 3.8) is 0 Å². The maximum atomic E-state index is 5.65. The van der Waals surface area contributed by atoms with Crippen molar-refractivity contribution in [2.24, 2.45) is 5.73 Å². The van der Waals surface area contributed by atoms with Crippen LogP contribution in [-0.4, -0.2) is 19.3 Å². The molecule has 1 aliphatic heterocycles. The number of rotatable bonds is 4. The second kappa shape index (κ2) is 5.14. The van der Waals surface area contributed by atoms with Crippen molar-refractivity contribution in [3.8, 4) is 5.75 Å². The van der Waals surface area contributed by atoms with Crippen LogP contribution in [0.4, 0.5) is 0 Å². The van der Waals surface area contributed by atoms with Crippen LogP contribution < -0.4 is 10.5 Å². The number of ether oxygens (including phenoxy) is 2. The Morgan fingerprint density at radius 3 is 3.13 bits per heavy atom. The Morgan fingerprint density at radius 2 is 2.40 bits per heavy atom. The minimum absolute atomic E-state index is 0.270. The zero-order valence-corrected chi connectivity index (χ0v) is 8.82. The second-order valence-corrected chi connectivity index (χ2v) is 3.80. The highest BCUT2D eigenvalue weighted by Crippen LogP contribution is 2.16. The molecule has 0 unspecified atom stereocenters. The first kappa shape index (κ1) is 10.5. The Bertz CT molecular complexity index is 308. The summed E-state index contributed by atoms with van der Waals surface area (Å²) in [6, 6.07) is 7.90. The molecule has 0 spiro atoms. The molecule has 0 aliphatic carbocycles. The van der Waals surface area contributed by atoms with Crippen molar-refractivity contribution in [3.05, 3.63) is 29.8 Å². The van der Waals surface area contributed by atoms with Crippen LogP contribution in [-0.2, 0) is 11.3 Å². The van der Waals surface area contributed by atoms with Crippen molar-refractivity contribution in [2.75, 3.05) is 13.2 Å². The summed E-state index contributed by atoms with van der Waals surface area (Å²) in [4.78, 5) is 0. The van der Waals surface area contributed by atoms with E-state index >= 15 is 0 Å². The van der Waals surface area contributed by atoms with Gasteiger partial charge in [0.1, 0.15) is 12.4 Å². The molecule has 0 radical (unpaired) electrons. The van der Waals surface area contributed by atoms with Gasteiger partial charge >= 0.3 is 0 Å². The fraction of sp³-hybridized carbons (Fsp3) is 0.500. The van der Waals surface area contributed by atoms with Crippen LogP contribution in [0.1, 0.15) is 18.4 Å². The van der Waals surface area contributed by atoms with Crippen LogP contribution in [0.5, 0.6) is 5.75 Å². The second-order valence-electron chi connectivity index (χ2n) is 3.80. The van der Waals surface area contributed by atoms with E-state index in [1.165, 1.54) is 0 Å². The Hall–Kier alpha value is -1.06. The van der Waals surface area contributed by atoms with Gasteiger partial charge in [0, 0.05) is 13.2 Å². The van der Waals surface area contributed by atoms with Crippen molar-refractivity contribution >= 4 is 0 Å². The number of nitrogens with two attached hydrogens (primary N) is 1. The summed E-state index contributed by atoms with van der Waals surface area (Å²) in [6.07, 6.45) is 2.53. The summed E-state index contributed by atoms with van der Waals surface area (Å²) in [5.41, 5.74) is 6.65. The molecule has 3 nitrogen and oxygen atoms in total. The molecule has 1 aromatic carbocycles. The molecule has 82 valence electrons. The number of benzene rings is 1. The quantitative estimate of drug-likeness (QED) is 0.817. The maximum Gasteiger partial charge on any atom is 0.119 e. The molecule has 1 aliphatic rings. The molecule has 2 rings (SSSR count). The first-order valence-electron chi connectivity index (χ1n) is 5.42. The van der Waals surface area contributed by atoms with E-state index in [0.717, 1.165) is 30.8 Å². The lowest BCUT2D eigenvalue weighted by molar-refractivity contribution is 0.0679. The summed E-state index contributed by atoms with van der Waals surface area (Å²) in [5, 5.41) is 0. The van der Waals surface area contributed by atoms with E-state index in [9.17, 15) is 0 Å². The zero-order chi connectivity index (χ0) is 10.5. The van der Waals surface area contributed by atoms with Gasteiger partial charge < -0.3 is 15.2 Å². The van der Waals surface area contributed by atoms with Gasteiger partial charge in [-0.3, -0.25) is 0 Å². The first-order valence-corrected chi connectivity index (χ1v) is 5.42. The zero-order valence-electron chi connectivity index (χ0n) is 8.82. The number of hydrogen-bond donors (Lipinski definition) is 1. The summed E-state index contributed by atoms with van der Waals surface area (Å²) in [7, 11) is 0. The van der Waals surface area contributed by atoms with E-state index < -0.39 is 0 Å². The molecule has 0 aromatic heterocycles. The van der Waals surface area contributed by atoms with Crippen LogP contribution >= 0.6 is 0 Å². The Kier molecular flexibility index (Phi) is 3.59. The van der Waals surface area contributed by atoms with E-state index in [2.05, 4.69) is 0 Å². The van der Waals surface area contributed by atoms with E-state index in [1.54, 1.807) is 0 Å². The van der Waals surface area contributed by atoms with Crippen LogP contribution in [0.2, 0.25) is 0 Å². The van der Waals surface area contributed by atoms with Gasteiger partial charge in [-0.15, -0.1) is 0 Å². The van der Waals surface area contributed by atoms with E-state index in [4.69, 9.17) is 15.2 Å². The monoisotopic (exact) mass is 207 g/mol. The summed E-state index contributed by atoms with van der Waals surface area (Å²) < 4.78 is 11.1. The highest BCUT2D eigenvalue weighted by molar-refractivity contribution is 5.28. The average molecular weight is 207 g/mol. The van der Waals surface area contributed by atoms with Crippen LogP contribution in [0, 0.1) is 0 Å². The fourth-order valence-electron chi connectivity index (χ4n) is 1.73. The van der Waals surface area contributed by atoms with Crippen molar-refractivity contribution in [2.45, 2.75) is 25.5 Å². The Balaban J connectivity index is 1.86. The molecular formula is C12H17NO2. The SMILES string of the molecule is NCc1cccc(OC[C@@H]2CCCO2)c1. The van der Waals surface area contributed by atoms with E-state index in [-0.39, 0.29) is 6.10 Å².